The maximum Gasteiger partial charge on any atom is 0.0760 e. The lowest BCUT2D eigenvalue weighted by atomic mass is 9.77. The minimum atomic E-state index is -0.376. The molecule has 0 heterocycles. The first-order valence-electron chi connectivity index (χ1n) is 5.37. The normalized spacial score (nSPS) is 19.4. The molecule has 1 aliphatic rings. The Hall–Kier alpha value is 0.160. The zero-order chi connectivity index (χ0) is 10.8. The van der Waals surface area contributed by atoms with E-state index in [0.717, 1.165) is 18.4 Å². The van der Waals surface area contributed by atoms with E-state index < -0.39 is 0 Å². The fraction of sp³-hybridized carbons (Fsp3) is 0.500. The topological polar surface area (TPSA) is 46.2 Å². The molecule has 16 heavy (non-hydrogen) atoms. The van der Waals surface area contributed by atoms with Gasteiger partial charge in [-0.15, -0.1) is 12.4 Å². The molecule has 0 bridgehead atoms. The van der Waals surface area contributed by atoms with E-state index >= 15 is 0 Å². The van der Waals surface area contributed by atoms with Crippen molar-refractivity contribution in [1.82, 2.24) is 0 Å². The molecule has 1 aromatic rings. The Bertz CT molecular complexity index is 326. The zero-order valence-electron chi connectivity index (χ0n) is 8.97. The van der Waals surface area contributed by atoms with E-state index in [1.165, 1.54) is 9.99 Å². The molecule has 2 nitrogen and oxygen atoms in total. The standard InChI is InChI=1S/C12H16INO.ClH/c13-10-6-4-8(5-7-10)11(14)12(15)9-2-1-3-9;/h4-7,9,11-12,15H,1-3,14H2;1H/t11-,12+;/m0./s1. The van der Waals surface area contributed by atoms with Crippen molar-refractivity contribution in [2.45, 2.75) is 31.4 Å². The van der Waals surface area contributed by atoms with Gasteiger partial charge in [0, 0.05) is 3.57 Å². The van der Waals surface area contributed by atoms with Gasteiger partial charge in [0.25, 0.3) is 0 Å². The minimum Gasteiger partial charge on any atom is -0.391 e. The Kier molecular flexibility index (Phi) is 5.50. The summed E-state index contributed by atoms with van der Waals surface area (Å²) in [6, 6.07) is 7.85. The van der Waals surface area contributed by atoms with Crippen LogP contribution in [-0.2, 0) is 0 Å². The van der Waals surface area contributed by atoms with Gasteiger partial charge < -0.3 is 10.8 Å². The van der Waals surface area contributed by atoms with Crippen molar-refractivity contribution in [2.75, 3.05) is 0 Å². The summed E-state index contributed by atoms with van der Waals surface area (Å²) in [5, 5.41) is 10.0. The molecule has 0 spiro atoms. The van der Waals surface area contributed by atoms with Crippen LogP contribution >= 0.6 is 35.0 Å². The maximum atomic E-state index is 10.0. The highest BCUT2D eigenvalue weighted by molar-refractivity contribution is 14.1. The minimum absolute atomic E-state index is 0. The number of rotatable bonds is 3. The number of aliphatic hydroxyl groups excluding tert-OH is 1. The molecule has 1 aliphatic carbocycles. The van der Waals surface area contributed by atoms with Gasteiger partial charge in [0.2, 0.25) is 0 Å². The second-order valence-electron chi connectivity index (χ2n) is 4.26. The predicted octanol–water partition coefficient (Wildman–Crippen LogP) is 2.87. The first kappa shape index (κ1) is 14.2. The van der Waals surface area contributed by atoms with Crippen molar-refractivity contribution in [2.24, 2.45) is 11.7 Å². The van der Waals surface area contributed by atoms with Gasteiger partial charge >= 0.3 is 0 Å². The average molecular weight is 354 g/mol. The van der Waals surface area contributed by atoms with Crippen LogP contribution in [0.25, 0.3) is 0 Å². The second kappa shape index (κ2) is 6.19. The monoisotopic (exact) mass is 353 g/mol. The van der Waals surface area contributed by atoms with Gasteiger partial charge in [0.1, 0.15) is 0 Å². The van der Waals surface area contributed by atoms with Gasteiger partial charge in [-0.2, -0.15) is 0 Å². The van der Waals surface area contributed by atoms with Gasteiger partial charge in [-0.05, 0) is 59.0 Å². The number of aliphatic hydroxyl groups is 1. The molecule has 1 aromatic carbocycles. The van der Waals surface area contributed by atoms with Gasteiger partial charge in [-0.25, -0.2) is 0 Å². The van der Waals surface area contributed by atoms with Crippen molar-refractivity contribution < 1.29 is 5.11 Å². The largest absolute Gasteiger partial charge is 0.391 e. The highest BCUT2D eigenvalue weighted by Gasteiger charge is 2.30. The van der Waals surface area contributed by atoms with Crippen LogP contribution in [0.1, 0.15) is 30.9 Å². The Morgan fingerprint density at radius 1 is 1.25 bits per heavy atom. The molecule has 0 saturated heterocycles. The fourth-order valence-corrected chi connectivity index (χ4v) is 2.32. The van der Waals surface area contributed by atoms with Crippen LogP contribution in [-0.4, -0.2) is 11.2 Å². The van der Waals surface area contributed by atoms with Crippen molar-refractivity contribution in [1.29, 1.82) is 0 Å². The summed E-state index contributed by atoms with van der Waals surface area (Å²) in [7, 11) is 0. The molecule has 2 rings (SSSR count). The lowest BCUT2D eigenvalue weighted by molar-refractivity contribution is 0.0414. The zero-order valence-corrected chi connectivity index (χ0v) is 11.9. The number of hydrogen-bond donors (Lipinski definition) is 2. The first-order chi connectivity index (χ1) is 7.18. The summed E-state index contributed by atoms with van der Waals surface area (Å²) >= 11 is 2.27. The third-order valence-electron chi connectivity index (χ3n) is 3.26. The molecular formula is C12H17ClINO. The van der Waals surface area contributed by atoms with E-state index in [2.05, 4.69) is 22.6 Å². The van der Waals surface area contributed by atoms with E-state index in [4.69, 9.17) is 5.73 Å². The molecule has 2 atom stereocenters. The molecule has 4 heteroatoms. The molecule has 0 aliphatic heterocycles. The Balaban J connectivity index is 0.00000128. The molecule has 1 fully saturated rings. The summed E-state index contributed by atoms with van der Waals surface area (Å²) in [5.41, 5.74) is 7.08. The maximum absolute atomic E-state index is 10.0. The van der Waals surface area contributed by atoms with Crippen LogP contribution in [0, 0.1) is 9.49 Å². The number of benzene rings is 1. The van der Waals surface area contributed by atoms with E-state index in [9.17, 15) is 5.11 Å². The van der Waals surface area contributed by atoms with E-state index in [-0.39, 0.29) is 24.6 Å². The van der Waals surface area contributed by atoms with Crippen LogP contribution < -0.4 is 5.73 Å². The second-order valence-corrected chi connectivity index (χ2v) is 5.50. The Morgan fingerprint density at radius 2 is 1.81 bits per heavy atom. The molecule has 0 unspecified atom stereocenters. The first-order valence-corrected chi connectivity index (χ1v) is 6.45. The van der Waals surface area contributed by atoms with Crippen molar-refractivity contribution in [3.05, 3.63) is 33.4 Å². The quantitative estimate of drug-likeness (QED) is 0.821. The molecule has 0 aromatic heterocycles. The molecule has 0 radical (unpaired) electrons. The van der Waals surface area contributed by atoms with Gasteiger partial charge in [-0.1, -0.05) is 18.6 Å². The third-order valence-corrected chi connectivity index (χ3v) is 3.97. The van der Waals surface area contributed by atoms with E-state index in [1.54, 1.807) is 0 Å². The van der Waals surface area contributed by atoms with Gasteiger partial charge in [-0.3, -0.25) is 0 Å². The van der Waals surface area contributed by atoms with Crippen LogP contribution in [0.4, 0.5) is 0 Å². The van der Waals surface area contributed by atoms with Crippen molar-refractivity contribution in [3.63, 3.8) is 0 Å². The smallest absolute Gasteiger partial charge is 0.0760 e. The summed E-state index contributed by atoms with van der Waals surface area (Å²) < 4.78 is 1.20. The summed E-state index contributed by atoms with van der Waals surface area (Å²) in [4.78, 5) is 0. The molecule has 1 saturated carbocycles. The average Bonchev–Trinajstić information content (AvgIpc) is 2.15. The SMILES string of the molecule is Cl.N[C@@H](c1ccc(I)cc1)[C@H](O)C1CCC1. The third kappa shape index (κ3) is 3.09. The van der Waals surface area contributed by atoms with E-state index in [0.29, 0.717) is 5.92 Å². The molecule has 0 amide bonds. The Morgan fingerprint density at radius 3 is 2.25 bits per heavy atom. The van der Waals surface area contributed by atoms with Crippen LogP contribution in [0.15, 0.2) is 24.3 Å². The predicted molar refractivity (Wildman–Crippen MR) is 76.7 cm³/mol. The van der Waals surface area contributed by atoms with Gasteiger partial charge in [0.05, 0.1) is 12.1 Å². The van der Waals surface area contributed by atoms with Crippen molar-refractivity contribution >= 4 is 35.0 Å². The molecular weight excluding hydrogens is 336 g/mol. The number of nitrogens with two attached hydrogens (primary N) is 1. The van der Waals surface area contributed by atoms with Gasteiger partial charge in [0.15, 0.2) is 0 Å². The summed E-state index contributed by atoms with van der Waals surface area (Å²) in [6.07, 6.45) is 3.11. The lowest BCUT2D eigenvalue weighted by Gasteiger charge is -2.33. The molecule has 90 valence electrons. The van der Waals surface area contributed by atoms with Crippen LogP contribution in [0.3, 0.4) is 0 Å². The van der Waals surface area contributed by atoms with Crippen LogP contribution in [0.2, 0.25) is 0 Å². The van der Waals surface area contributed by atoms with Crippen molar-refractivity contribution in [3.8, 4) is 0 Å². The highest BCUT2D eigenvalue weighted by atomic mass is 127. The number of halogens is 2. The highest BCUT2D eigenvalue weighted by Crippen LogP contribution is 2.34. The summed E-state index contributed by atoms with van der Waals surface area (Å²) in [6.45, 7) is 0. The summed E-state index contributed by atoms with van der Waals surface area (Å²) in [5.74, 6) is 0.416. The Labute approximate surface area is 116 Å². The lowest BCUT2D eigenvalue weighted by Crippen LogP contribution is -2.36. The van der Waals surface area contributed by atoms with E-state index in [1.807, 2.05) is 24.3 Å². The number of hydrogen-bond acceptors (Lipinski definition) is 2. The molecule has 3 N–H and O–H groups in total. The fourth-order valence-electron chi connectivity index (χ4n) is 1.96. The van der Waals surface area contributed by atoms with Crippen LogP contribution in [0.5, 0.6) is 0 Å².